The Morgan fingerprint density at radius 2 is 1.82 bits per heavy atom. The van der Waals surface area contributed by atoms with E-state index in [0.717, 1.165) is 5.69 Å². The lowest BCUT2D eigenvalue weighted by Crippen LogP contribution is -2.05. The Balaban J connectivity index is 3.00. The zero-order valence-corrected chi connectivity index (χ0v) is 10.5. The van der Waals surface area contributed by atoms with Gasteiger partial charge in [-0.3, -0.25) is 4.79 Å². The number of hydrogen-bond acceptors (Lipinski definition) is 3. The molecule has 90 valence electrons. The SMILES string of the molecule is COc1cc(OC)c2[nH]c(C)cc(=O)c2c1Cl. The molecule has 4 nitrogen and oxygen atoms in total. The van der Waals surface area contributed by atoms with E-state index in [0.29, 0.717) is 27.4 Å². The van der Waals surface area contributed by atoms with Crippen LogP contribution in [0.25, 0.3) is 10.9 Å². The quantitative estimate of drug-likeness (QED) is 0.895. The second-order valence-electron chi connectivity index (χ2n) is 3.66. The van der Waals surface area contributed by atoms with Crippen LogP contribution in [-0.2, 0) is 0 Å². The van der Waals surface area contributed by atoms with Gasteiger partial charge in [0.2, 0.25) is 0 Å². The van der Waals surface area contributed by atoms with Crippen LogP contribution < -0.4 is 14.9 Å². The van der Waals surface area contributed by atoms with Gasteiger partial charge in [0.15, 0.2) is 5.43 Å². The normalized spacial score (nSPS) is 10.6. The number of aromatic nitrogens is 1. The lowest BCUT2D eigenvalue weighted by molar-refractivity contribution is 0.397. The molecule has 1 heterocycles. The minimum absolute atomic E-state index is 0.154. The molecule has 0 atom stereocenters. The summed E-state index contributed by atoms with van der Waals surface area (Å²) in [5.41, 5.74) is 1.18. The standard InChI is InChI=1S/C12H12ClNO3/c1-6-4-7(15)10-11(13)8(16-2)5-9(17-3)12(10)14-6/h4-5H,1-3H3,(H,14,15). The predicted molar refractivity (Wildman–Crippen MR) is 67.4 cm³/mol. The molecule has 5 heteroatoms. The summed E-state index contributed by atoms with van der Waals surface area (Å²) in [5, 5.41) is 0.679. The minimum atomic E-state index is -0.154. The van der Waals surface area contributed by atoms with E-state index >= 15 is 0 Å². The molecule has 0 aliphatic carbocycles. The Kier molecular flexibility index (Phi) is 2.98. The van der Waals surface area contributed by atoms with Crippen molar-refractivity contribution in [3.63, 3.8) is 0 Å². The highest BCUT2D eigenvalue weighted by Crippen LogP contribution is 2.36. The van der Waals surface area contributed by atoms with Crippen LogP contribution in [0.4, 0.5) is 0 Å². The smallest absolute Gasteiger partial charge is 0.191 e. The largest absolute Gasteiger partial charge is 0.495 e. The molecule has 0 saturated carbocycles. The summed E-state index contributed by atoms with van der Waals surface area (Å²) in [4.78, 5) is 15.0. The fourth-order valence-corrected chi connectivity index (χ4v) is 2.10. The monoisotopic (exact) mass is 253 g/mol. The summed E-state index contributed by atoms with van der Waals surface area (Å²) >= 11 is 6.13. The molecule has 1 N–H and O–H groups in total. The topological polar surface area (TPSA) is 51.3 Å². The lowest BCUT2D eigenvalue weighted by atomic mass is 10.1. The van der Waals surface area contributed by atoms with Gasteiger partial charge in [0.1, 0.15) is 11.5 Å². The molecule has 2 rings (SSSR count). The molecular weight excluding hydrogens is 242 g/mol. The van der Waals surface area contributed by atoms with Gasteiger partial charge in [-0.2, -0.15) is 0 Å². The molecule has 0 amide bonds. The Hall–Kier alpha value is -1.68. The van der Waals surface area contributed by atoms with Crippen molar-refractivity contribution in [2.45, 2.75) is 6.92 Å². The molecular formula is C12H12ClNO3. The molecule has 0 aliphatic heterocycles. The lowest BCUT2D eigenvalue weighted by Gasteiger charge is -2.11. The van der Waals surface area contributed by atoms with Crippen molar-refractivity contribution in [3.8, 4) is 11.5 Å². The summed E-state index contributed by atoms with van der Waals surface area (Å²) in [6.45, 7) is 1.80. The first-order valence-electron chi connectivity index (χ1n) is 5.02. The first-order chi connectivity index (χ1) is 8.08. The summed E-state index contributed by atoms with van der Waals surface area (Å²) in [6, 6.07) is 3.15. The number of aryl methyl sites for hydroxylation is 1. The van der Waals surface area contributed by atoms with Crippen molar-refractivity contribution in [1.29, 1.82) is 0 Å². The Labute approximate surface area is 103 Å². The third kappa shape index (κ3) is 1.85. The highest BCUT2D eigenvalue weighted by Gasteiger charge is 2.15. The van der Waals surface area contributed by atoms with Crippen LogP contribution in [-0.4, -0.2) is 19.2 Å². The highest BCUT2D eigenvalue weighted by molar-refractivity contribution is 6.37. The maximum atomic E-state index is 11.9. The number of hydrogen-bond donors (Lipinski definition) is 1. The van der Waals surface area contributed by atoms with E-state index in [4.69, 9.17) is 21.1 Å². The molecule has 0 spiro atoms. The molecule has 0 fully saturated rings. The van der Waals surface area contributed by atoms with Crippen molar-refractivity contribution < 1.29 is 9.47 Å². The first kappa shape index (κ1) is 11.8. The minimum Gasteiger partial charge on any atom is -0.495 e. The van der Waals surface area contributed by atoms with E-state index in [9.17, 15) is 4.79 Å². The summed E-state index contributed by atoms with van der Waals surface area (Å²) in [5.74, 6) is 0.951. The third-order valence-corrected chi connectivity index (χ3v) is 2.93. The Morgan fingerprint density at radius 1 is 1.18 bits per heavy atom. The number of pyridine rings is 1. The molecule has 0 unspecified atom stereocenters. The average molecular weight is 254 g/mol. The van der Waals surface area contributed by atoms with Gasteiger partial charge in [-0.15, -0.1) is 0 Å². The molecule has 17 heavy (non-hydrogen) atoms. The van der Waals surface area contributed by atoms with Gasteiger partial charge in [0, 0.05) is 17.8 Å². The molecule has 2 aromatic rings. The van der Waals surface area contributed by atoms with Crippen molar-refractivity contribution in [2.24, 2.45) is 0 Å². The number of benzene rings is 1. The van der Waals surface area contributed by atoms with Crippen molar-refractivity contribution in [2.75, 3.05) is 14.2 Å². The van der Waals surface area contributed by atoms with Gasteiger partial charge in [-0.25, -0.2) is 0 Å². The Morgan fingerprint density at radius 3 is 2.41 bits per heavy atom. The van der Waals surface area contributed by atoms with Crippen molar-refractivity contribution in [1.82, 2.24) is 4.98 Å². The molecule has 0 aliphatic rings. The van der Waals surface area contributed by atoms with Crippen LogP contribution in [0.5, 0.6) is 11.5 Å². The van der Waals surface area contributed by atoms with Gasteiger partial charge in [-0.05, 0) is 6.92 Å². The second kappa shape index (κ2) is 4.30. The number of fused-ring (bicyclic) bond motifs is 1. The number of methoxy groups -OCH3 is 2. The maximum absolute atomic E-state index is 11.9. The van der Waals surface area contributed by atoms with Crippen molar-refractivity contribution in [3.05, 3.63) is 33.1 Å². The first-order valence-corrected chi connectivity index (χ1v) is 5.40. The molecule has 0 bridgehead atoms. The van der Waals surface area contributed by atoms with E-state index in [1.165, 1.54) is 20.3 Å². The third-order valence-electron chi connectivity index (χ3n) is 2.55. The van der Waals surface area contributed by atoms with Gasteiger partial charge in [0.05, 0.1) is 30.1 Å². The summed E-state index contributed by atoms with van der Waals surface area (Å²) < 4.78 is 10.3. The van der Waals surface area contributed by atoms with Crippen LogP contribution in [0.3, 0.4) is 0 Å². The van der Waals surface area contributed by atoms with E-state index < -0.39 is 0 Å². The number of halogens is 1. The molecule has 1 aromatic carbocycles. The zero-order valence-electron chi connectivity index (χ0n) is 9.76. The second-order valence-corrected chi connectivity index (χ2v) is 4.04. The number of H-pyrrole nitrogens is 1. The average Bonchev–Trinajstić information content (AvgIpc) is 2.28. The van der Waals surface area contributed by atoms with Crippen molar-refractivity contribution >= 4 is 22.5 Å². The van der Waals surface area contributed by atoms with Crippen LogP contribution in [0.2, 0.25) is 5.02 Å². The number of rotatable bonds is 2. The molecule has 0 radical (unpaired) electrons. The van der Waals surface area contributed by atoms with Crippen LogP contribution >= 0.6 is 11.6 Å². The Bertz CT molecular complexity index is 634. The van der Waals surface area contributed by atoms with Crippen LogP contribution in [0.15, 0.2) is 16.9 Å². The van der Waals surface area contributed by atoms with Gasteiger partial charge in [-0.1, -0.05) is 11.6 Å². The van der Waals surface area contributed by atoms with Crippen LogP contribution in [0, 0.1) is 6.92 Å². The van der Waals surface area contributed by atoms with Gasteiger partial charge in [0.25, 0.3) is 0 Å². The van der Waals surface area contributed by atoms with E-state index in [1.54, 1.807) is 13.0 Å². The zero-order chi connectivity index (χ0) is 12.6. The fraction of sp³-hybridized carbons (Fsp3) is 0.250. The van der Waals surface area contributed by atoms with Gasteiger partial charge >= 0.3 is 0 Å². The van der Waals surface area contributed by atoms with Gasteiger partial charge < -0.3 is 14.5 Å². The van der Waals surface area contributed by atoms with E-state index in [2.05, 4.69) is 4.98 Å². The van der Waals surface area contributed by atoms with Crippen LogP contribution in [0.1, 0.15) is 5.69 Å². The van der Waals surface area contributed by atoms with E-state index in [1.807, 2.05) is 0 Å². The number of nitrogens with one attached hydrogen (secondary N) is 1. The molecule has 0 saturated heterocycles. The predicted octanol–water partition coefficient (Wildman–Crippen LogP) is 2.51. The highest BCUT2D eigenvalue weighted by atomic mass is 35.5. The summed E-state index contributed by atoms with van der Waals surface area (Å²) in [7, 11) is 3.03. The molecule has 1 aromatic heterocycles. The maximum Gasteiger partial charge on any atom is 0.191 e. The summed E-state index contributed by atoms with van der Waals surface area (Å²) in [6.07, 6.45) is 0. The number of ether oxygens (including phenoxy) is 2. The van der Waals surface area contributed by atoms with E-state index in [-0.39, 0.29) is 5.43 Å². The fourth-order valence-electron chi connectivity index (χ4n) is 1.78. The number of aromatic amines is 1.